The maximum absolute atomic E-state index is 13.2. The molecule has 8 heteroatoms. The second-order valence-electron chi connectivity index (χ2n) is 9.56. The molecule has 2 aromatic carbocycles. The molecule has 8 nitrogen and oxygen atoms in total. The lowest BCUT2D eigenvalue weighted by molar-refractivity contribution is -0.145. The SMILES string of the molecule is Cc1cc(C)cc(NC(=O)C[C@@H]2C(=O)NCCN2C(=O)CN2CCN(Cc3ccccc3)CC2)c1. The van der Waals surface area contributed by atoms with E-state index >= 15 is 0 Å². The average molecular weight is 478 g/mol. The topological polar surface area (TPSA) is 85.0 Å². The van der Waals surface area contributed by atoms with Gasteiger partial charge in [0.15, 0.2) is 0 Å². The highest BCUT2D eigenvalue weighted by Crippen LogP contribution is 2.17. The Morgan fingerprint density at radius 3 is 2.29 bits per heavy atom. The molecule has 0 aromatic heterocycles. The molecule has 4 rings (SSSR count). The van der Waals surface area contributed by atoms with Gasteiger partial charge in [0.1, 0.15) is 6.04 Å². The Hall–Kier alpha value is -3.23. The molecule has 1 atom stereocenters. The third kappa shape index (κ3) is 6.90. The summed E-state index contributed by atoms with van der Waals surface area (Å²) in [5.41, 5.74) is 4.10. The largest absolute Gasteiger partial charge is 0.353 e. The Morgan fingerprint density at radius 1 is 0.943 bits per heavy atom. The third-order valence-corrected chi connectivity index (χ3v) is 6.61. The standard InChI is InChI=1S/C27H35N5O3/c1-20-14-21(2)16-23(15-20)29-25(33)17-24-27(35)28-8-9-32(24)26(34)19-31-12-10-30(11-13-31)18-22-6-4-3-5-7-22/h3-7,14-16,24H,8-13,17-19H2,1-2H3,(H,28,35)(H,29,33)/t24-/m1/s1. The highest BCUT2D eigenvalue weighted by atomic mass is 16.2. The molecule has 186 valence electrons. The van der Waals surface area contributed by atoms with Gasteiger partial charge in [-0.15, -0.1) is 0 Å². The van der Waals surface area contributed by atoms with Crippen molar-refractivity contribution in [1.82, 2.24) is 20.0 Å². The van der Waals surface area contributed by atoms with Crippen molar-refractivity contribution in [3.05, 3.63) is 65.2 Å². The second-order valence-corrected chi connectivity index (χ2v) is 9.56. The minimum absolute atomic E-state index is 0.0601. The highest BCUT2D eigenvalue weighted by molar-refractivity contribution is 5.97. The van der Waals surface area contributed by atoms with Crippen LogP contribution >= 0.6 is 0 Å². The van der Waals surface area contributed by atoms with Gasteiger partial charge in [-0.25, -0.2) is 0 Å². The first-order valence-corrected chi connectivity index (χ1v) is 12.3. The minimum Gasteiger partial charge on any atom is -0.353 e. The van der Waals surface area contributed by atoms with E-state index < -0.39 is 6.04 Å². The zero-order valence-electron chi connectivity index (χ0n) is 20.6. The molecule has 0 radical (unpaired) electrons. The van der Waals surface area contributed by atoms with Crippen LogP contribution in [0.3, 0.4) is 0 Å². The number of nitrogens with zero attached hydrogens (tertiary/aromatic N) is 3. The third-order valence-electron chi connectivity index (χ3n) is 6.61. The minimum atomic E-state index is -0.790. The van der Waals surface area contributed by atoms with Crippen LogP contribution in [0.15, 0.2) is 48.5 Å². The average Bonchev–Trinajstić information content (AvgIpc) is 2.81. The second kappa shape index (κ2) is 11.5. The van der Waals surface area contributed by atoms with Gasteiger partial charge in [0.25, 0.3) is 0 Å². The Balaban J connectivity index is 1.30. The smallest absolute Gasteiger partial charge is 0.243 e. The number of nitrogens with one attached hydrogen (secondary N) is 2. The van der Waals surface area contributed by atoms with Gasteiger partial charge in [0.2, 0.25) is 17.7 Å². The molecule has 0 spiro atoms. The molecule has 3 amide bonds. The molecular weight excluding hydrogens is 442 g/mol. The van der Waals surface area contributed by atoms with Crippen molar-refractivity contribution in [2.75, 3.05) is 51.1 Å². The molecule has 2 aliphatic rings. The van der Waals surface area contributed by atoms with Gasteiger partial charge in [0, 0.05) is 51.5 Å². The van der Waals surface area contributed by atoms with E-state index in [-0.39, 0.29) is 30.7 Å². The van der Waals surface area contributed by atoms with Gasteiger partial charge < -0.3 is 15.5 Å². The number of amides is 3. The molecule has 2 heterocycles. The van der Waals surface area contributed by atoms with Crippen LogP contribution in [0.1, 0.15) is 23.1 Å². The van der Waals surface area contributed by atoms with Gasteiger partial charge in [-0.1, -0.05) is 36.4 Å². The van der Waals surface area contributed by atoms with Crippen LogP contribution in [0.4, 0.5) is 5.69 Å². The van der Waals surface area contributed by atoms with Gasteiger partial charge in [-0.05, 0) is 42.7 Å². The summed E-state index contributed by atoms with van der Waals surface area (Å²) in [7, 11) is 0. The molecule has 0 aliphatic carbocycles. The quantitative estimate of drug-likeness (QED) is 0.635. The van der Waals surface area contributed by atoms with Gasteiger partial charge in [-0.3, -0.25) is 24.2 Å². The number of hydrogen-bond acceptors (Lipinski definition) is 5. The van der Waals surface area contributed by atoms with Crippen molar-refractivity contribution in [3.63, 3.8) is 0 Å². The molecule has 2 aromatic rings. The van der Waals surface area contributed by atoms with E-state index in [0.29, 0.717) is 18.8 Å². The number of benzene rings is 2. The van der Waals surface area contributed by atoms with Gasteiger partial charge >= 0.3 is 0 Å². The van der Waals surface area contributed by atoms with E-state index in [1.807, 2.05) is 38.1 Å². The normalized spacial score (nSPS) is 19.3. The summed E-state index contributed by atoms with van der Waals surface area (Å²) in [5, 5.41) is 5.69. The first kappa shape index (κ1) is 24.9. The van der Waals surface area contributed by atoms with E-state index in [4.69, 9.17) is 0 Å². The van der Waals surface area contributed by atoms with Crippen molar-refractivity contribution in [1.29, 1.82) is 0 Å². The van der Waals surface area contributed by atoms with Crippen LogP contribution in [-0.2, 0) is 20.9 Å². The summed E-state index contributed by atoms with van der Waals surface area (Å²) in [5.74, 6) is -0.641. The van der Waals surface area contributed by atoms with Crippen LogP contribution < -0.4 is 10.6 Å². The van der Waals surface area contributed by atoms with Crippen molar-refractivity contribution in [3.8, 4) is 0 Å². The fourth-order valence-electron chi connectivity index (χ4n) is 4.88. The lowest BCUT2D eigenvalue weighted by atomic mass is 10.1. The van der Waals surface area contributed by atoms with Gasteiger partial charge in [0.05, 0.1) is 13.0 Å². The molecular formula is C27H35N5O3. The van der Waals surface area contributed by atoms with E-state index in [9.17, 15) is 14.4 Å². The van der Waals surface area contributed by atoms with E-state index in [1.54, 1.807) is 4.90 Å². The monoisotopic (exact) mass is 477 g/mol. The molecule has 2 fully saturated rings. The van der Waals surface area contributed by atoms with Crippen molar-refractivity contribution in [2.45, 2.75) is 32.9 Å². The number of carbonyl (C=O) groups is 3. The Morgan fingerprint density at radius 2 is 1.60 bits per heavy atom. The van der Waals surface area contributed by atoms with Crippen LogP contribution in [0, 0.1) is 13.8 Å². The van der Waals surface area contributed by atoms with Crippen LogP contribution in [-0.4, -0.2) is 84.3 Å². The molecule has 35 heavy (non-hydrogen) atoms. The van der Waals surface area contributed by atoms with Crippen molar-refractivity contribution < 1.29 is 14.4 Å². The molecule has 0 bridgehead atoms. The fraction of sp³-hybridized carbons (Fsp3) is 0.444. The fourth-order valence-corrected chi connectivity index (χ4v) is 4.88. The summed E-state index contributed by atoms with van der Waals surface area (Å²) in [6.07, 6.45) is -0.0601. The Kier molecular flexibility index (Phi) is 8.15. The number of rotatable bonds is 7. The maximum Gasteiger partial charge on any atom is 0.243 e. The van der Waals surface area contributed by atoms with Gasteiger partial charge in [-0.2, -0.15) is 0 Å². The van der Waals surface area contributed by atoms with E-state index in [1.165, 1.54) is 5.56 Å². The number of piperazine rings is 2. The predicted octanol–water partition coefficient (Wildman–Crippen LogP) is 1.78. The predicted molar refractivity (Wildman–Crippen MR) is 136 cm³/mol. The van der Waals surface area contributed by atoms with E-state index in [0.717, 1.165) is 43.9 Å². The molecule has 0 saturated carbocycles. The first-order valence-electron chi connectivity index (χ1n) is 12.3. The zero-order chi connectivity index (χ0) is 24.8. The lowest BCUT2D eigenvalue weighted by Crippen LogP contribution is -2.60. The zero-order valence-corrected chi connectivity index (χ0v) is 20.6. The van der Waals surface area contributed by atoms with Crippen molar-refractivity contribution >= 4 is 23.4 Å². The molecule has 2 saturated heterocycles. The molecule has 2 aliphatic heterocycles. The number of aryl methyl sites for hydroxylation is 2. The summed E-state index contributed by atoms with van der Waals surface area (Å²) >= 11 is 0. The summed E-state index contributed by atoms with van der Waals surface area (Å²) in [4.78, 5) is 44.7. The summed E-state index contributed by atoms with van der Waals surface area (Å²) in [6.45, 7) is 9.33. The van der Waals surface area contributed by atoms with Crippen LogP contribution in [0.25, 0.3) is 0 Å². The number of anilines is 1. The van der Waals surface area contributed by atoms with Crippen LogP contribution in [0.5, 0.6) is 0 Å². The number of hydrogen-bond donors (Lipinski definition) is 2. The molecule has 0 unspecified atom stereocenters. The summed E-state index contributed by atoms with van der Waals surface area (Å²) in [6, 6.07) is 15.4. The lowest BCUT2D eigenvalue weighted by Gasteiger charge is -2.38. The maximum atomic E-state index is 13.2. The molecule has 2 N–H and O–H groups in total. The van der Waals surface area contributed by atoms with Crippen LogP contribution in [0.2, 0.25) is 0 Å². The van der Waals surface area contributed by atoms with Crippen molar-refractivity contribution in [2.24, 2.45) is 0 Å². The van der Waals surface area contributed by atoms with E-state index in [2.05, 4.69) is 44.7 Å². The first-order chi connectivity index (χ1) is 16.9. The highest BCUT2D eigenvalue weighted by Gasteiger charge is 2.35. The Labute approximate surface area is 207 Å². The Bertz CT molecular complexity index is 1030. The number of carbonyl (C=O) groups excluding carboxylic acids is 3. The summed E-state index contributed by atoms with van der Waals surface area (Å²) < 4.78 is 0.